The second-order valence-electron chi connectivity index (χ2n) is 6.90. The number of fused-ring (bicyclic) bond motifs is 4. The molecule has 0 saturated heterocycles. The largest absolute Gasteiger partial charge is 0.449 e. The van der Waals surface area contributed by atoms with Crippen molar-refractivity contribution < 1.29 is 4.42 Å². The van der Waals surface area contributed by atoms with E-state index in [9.17, 15) is 4.79 Å². The zero-order valence-corrected chi connectivity index (χ0v) is 16.3. The Balaban J connectivity index is 1.48. The van der Waals surface area contributed by atoms with E-state index in [0.29, 0.717) is 23.5 Å². The lowest BCUT2D eigenvalue weighted by molar-refractivity contribution is 0.246. The molecule has 0 radical (unpaired) electrons. The van der Waals surface area contributed by atoms with Crippen LogP contribution in [-0.2, 0) is 6.54 Å². The molecular weight excluding hydrogens is 372 g/mol. The summed E-state index contributed by atoms with van der Waals surface area (Å²) in [7, 11) is 2.01. The summed E-state index contributed by atoms with van der Waals surface area (Å²) in [6.45, 7) is 2.61. The number of aromatic amines is 1. The Morgan fingerprint density at radius 2 is 1.93 bits per heavy atom. The first-order valence-electron chi connectivity index (χ1n) is 9.06. The van der Waals surface area contributed by atoms with E-state index in [4.69, 9.17) is 9.40 Å². The Labute approximate surface area is 164 Å². The van der Waals surface area contributed by atoms with Crippen LogP contribution in [0.1, 0.15) is 23.8 Å². The van der Waals surface area contributed by atoms with Crippen LogP contribution in [0.15, 0.2) is 57.7 Å². The third-order valence-electron chi connectivity index (χ3n) is 5.01. The predicted octanol–water partition coefficient (Wildman–Crippen LogP) is 4.47. The number of hydrogen-bond donors (Lipinski definition) is 1. The number of rotatable bonds is 4. The zero-order valence-electron chi connectivity index (χ0n) is 15.5. The fraction of sp³-hybridized carbons (Fsp3) is 0.190. The standard InChI is InChI=1S/C21H18N4O2S/c1-12(21-22-14-8-4-6-10-16(14)28-21)25(2)11-17-23-18-13-7-3-5-9-15(13)27-19(18)20(26)24-17/h3-10,12H,11H2,1-2H3,(H,23,24,26)/t12-/m0/s1. The van der Waals surface area contributed by atoms with Crippen molar-refractivity contribution in [2.75, 3.05) is 7.05 Å². The summed E-state index contributed by atoms with van der Waals surface area (Å²) in [5.74, 6) is 0.611. The Bertz CT molecular complexity index is 1330. The summed E-state index contributed by atoms with van der Waals surface area (Å²) in [5, 5.41) is 1.90. The molecule has 6 nitrogen and oxygen atoms in total. The van der Waals surface area contributed by atoms with E-state index in [1.807, 2.05) is 49.5 Å². The smallest absolute Gasteiger partial charge is 0.294 e. The van der Waals surface area contributed by atoms with Crippen LogP contribution in [0.3, 0.4) is 0 Å². The topological polar surface area (TPSA) is 75.0 Å². The molecule has 0 bridgehead atoms. The molecule has 0 aliphatic carbocycles. The summed E-state index contributed by atoms with van der Waals surface area (Å²) < 4.78 is 6.84. The molecule has 5 aromatic rings. The Hall–Kier alpha value is -3.03. The predicted molar refractivity (Wildman–Crippen MR) is 112 cm³/mol. The highest BCUT2D eigenvalue weighted by molar-refractivity contribution is 7.18. The lowest BCUT2D eigenvalue weighted by Gasteiger charge is -2.22. The fourth-order valence-electron chi connectivity index (χ4n) is 3.35. The Morgan fingerprint density at radius 3 is 2.79 bits per heavy atom. The second-order valence-corrected chi connectivity index (χ2v) is 7.96. The summed E-state index contributed by atoms with van der Waals surface area (Å²) in [5.41, 5.74) is 2.31. The van der Waals surface area contributed by atoms with Gasteiger partial charge >= 0.3 is 0 Å². The molecule has 2 aromatic carbocycles. The van der Waals surface area contributed by atoms with Crippen molar-refractivity contribution in [1.82, 2.24) is 19.9 Å². The van der Waals surface area contributed by atoms with Gasteiger partial charge in [0, 0.05) is 5.39 Å². The van der Waals surface area contributed by atoms with Crippen molar-refractivity contribution in [3.63, 3.8) is 0 Å². The molecule has 1 atom stereocenters. The van der Waals surface area contributed by atoms with Crippen molar-refractivity contribution in [3.05, 3.63) is 69.7 Å². The normalized spacial score (nSPS) is 13.1. The van der Waals surface area contributed by atoms with Gasteiger partial charge in [-0.1, -0.05) is 24.3 Å². The average molecular weight is 390 g/mol. The number of para-hydroxylation sites is 2. The number of benzene rings is 2. The molecule has 0 aliphatic heterocycles. The van der Waals surface area contributed by atoms with Crippen molar-refractivity contribution in [3.8, 4) is 0 Å². The van der Waals surface area contributed by atoms with Crippen LogP contribution in [0, 0.1) is 0 Å². The van der Waals surface area contributed by atoms with Gasteiger partial charge in [0.2, 0.25) is 5.58 Å². The minimum absolute atomic E-state index is 0.0968. The maximum atomic E-state index is 12.5. The number of furan rings is 1. The average Bonchev–Trinajstić information content (AvgIpc) is 3.29. The molecule has 3 aromatic heterocycles. The zero-order chi connectivity index (χ0) is 19.3. The second kappa shape index (κ2) is 6.54. The van der Waals surface area contributed by atoms with Gasteiger partial charge in [-0.2, -0.15) is 0 Å². The number of thiazole rings is 1. The molecule has 140 valence electrons. The van der Waals surface area contributed by atoms with Crippen LogP contribution >= 0.6 is 11.3 Å². The highest BCUT2D eigenvalue weighted by atomic mass is 32.1. The molecule has 0 fully saturated rings. The van der Waals surface area contributed by atoms with Crippen LogP contribution in [0.2, 0.25) is 0 Å². The van der Waals surface area contributed by atoms with Gasteiger partial charge in [0.15, 0.2) is 0 Å². The third-order valence-corrected chi connectivity index (χ3v) is 6.21. The number of hydrogen-bond acceptors (Lipinski definition) is 6. The molecular formula is C21H18N4O2S. The fourth-order valence-corrected chi connectivity index (χ4v) is 4.44. The molecule has 28 heavy (non-hydrogen) atoms. The lowest BCUT2D eigenvalue weighted by Crippen LogP contribution is -2.24. The van der Waals surface area contributed by atoms with Crippen LogP contribution in [0.4, 0.5) is 0 Å². The van der Waals surface area contributed by atoms with Gasteiger partial charge in [0.1, 0.15) is 21.9 Å². The number of aromatic nitrogens is 3. The van der Waals surface area contributed by atoms with Crippen molar-refractivity contribution in [2.45, 2.75) is 19.5 Å². The SMILES string of the molecule is C[C@@H](c1nc2ccccc2s1)N(C)Cc1nc2c(oc3ccccc32)c(=O)[nH]1. The first-order chi connectivity index (χ1) is 13.6. The molecule has 7 heteroatoms. The van der Waals surface area contributed by atoms with Gasteiger partial charge in [-0.25, -0.2) is 9.97 Å². The molecule has 0 amide bonds. The van der Waals surface area contributed by atoms with Gasteiger partial charge < -0.3 is 9.40 Å². The van der Waals surface area contributed by atoms with Gasteiger partial charge in [-0.15, -0.1) is 11.3 Å². The first-order valence-corrected chi connectivity index (χ1v) is 9.88. The van der Waals surface area contributed by atoms with Crippen LogP contribution < -0.4 is 5.56 Å². The molecule has 0 unspecified atom stereocenters. The highest BCUT2D eigenvalue weighted by Crippen LogP contribution is 2.29. The van der Waals surface area contributed by atoms with Gasteiger partial charge in [-0.05, 0) is 38.2 Å². The maximum absolute atomic E-state index is 12.5. The van der Waals surface area contributed by atoms with E-state index >= 15 is 0 Å². The maximum Gasteiger partial charge on any atom is 0.294 e. The third kappa shape index (κ3) is 2.80. The van der Waals surface area contributed by atoms with Gasteiger partial charge in [0.25, 0.3) is 5.56 Å². The molecule has 5 rings (SSSR count). The monoisotopic (exact) mass is 390 g/mol. The summed E-state index contributed by atoms with van der Waals surface area (Å²) >= 11 is 1.69. The van der Waals surface area contributed by atoms with Crippen molar-refractivity contribution >= 4 is 43.6 Å². The lowest BCUT2D eigenvalue weighted by atomic mass is 10.2. The molecule has 0 saturated carbocycles. The molecule has 0 spiro atoms. The van der Waals surface area contributed by atoms with E-state index in [1.165, 1.54) is 4.70 Å². The molecule has 1 N–H and O–H groups in total. The van der Waals surface area contributed by atoms with Crippen LogP contribution in [0.5, 0.6) is 0 Å². The van der Waals surface area contributed by atoms with Crippen LogP contribution in [-0.4, -0.2) is 26.9 Å². The minimum atomic E-state index is -0.253. The van der Waals surface area contributed by atoms with Crippen LogP contribution in [0.25, 0.3) is 32.3 Å². The summed E-state index contributed by atoms with van der Waals surface area (Å²) in [6.07, 6.45) is 0. The minimum Gasteiger partial charge on any atom is -0.449 e. The number of nitrogens with zero attached hydrogens (tertiary/aromatic N) is 3. The van der Waals surface area contributed by atoms with E-state index < -0.39 is 0 Å². The number of H-pyrrole nitrogens is 1. The van der Waals surface area contributed by atoms with E-state index in [1.54, 1.807) is 11.3 Å². The molecule has 0 aliphatic rings. The molecule has 3 heterocycles. The Kier molecular flexibility index (Phi) is 3.99. The first kappa shape index (κ1) is 17.1. The van der Waals surface area contributed by atoms with Crippen molar-refractivity contribution in [2.24, 2.45) is 0 Å². The van der Waals surface area contributed by atoms with E-state index in [2.05, 4.69) is 27.9 Å². The van der Waals surface area contributed by atoms with E-state index in [0.717, 1.165) is 15.9 Å². The van der Waals surface area contributed by atoms with Gasteiger partial charge in [0.05, 0.1) is 22.8 Å². The summed E-state index contributed by atoms with van der Waals surface area (Å²) in [6, 6.07) is 15.8. The van der Waals surface area contributed by atoms with Gasteiger partial charge in [-0.3, -0.25) is 9.69 Å². The Morgan fingerprint density at radius 1 is 1.14 bits per heavy atom. The highest BCUT2D eigenvalue weighted by Gasteiger charge is 2.19. The summed E-state index contributed by atoms with van der Waals surface area (Å²) in [4.78, 5) is 26.9. The quantitative estimate of drug-likeness (QED) is 0.490. The number of nitrogens with one attached hydrogen (secondary N) is 1. The van der Waals surface area contributed by atoms with E-state index in [-0.39, 0.29) is 17.2 Å². The van der Waals surface area contributed by atoms with Crippen molar-refractivity contribution in [1.29, 1.82) is 0 Å².